The summed E-state index contributed by atoms with van der Waals surface area (Å²) in [6, 6.07) is 6.21. The normalized spacial score (nSPS) is 21.8. The van der Waals surface area contributed by atoms with Crippen molar-refractivity contribution in [3.05, 3.63) is 22.4 Å². The van der Waals surface area contributed by atoms with Crippen molar-refractivity contribution in [1.82, 2.24) is 5.32 Å². The van der Waals surface area contributed by atoms with Crippen molar-refractivity contribution in [2.24, 2.45) is 0 Å². The third-order valence-corrected chi connectivity index (χ3v) is 5.60. The van der Waals surface area contributed by atoms with E-state index in [-0.39, 0.29) is 11.5 Å². The van der Waals surface area contributed by atoms with Gasteiger partial charge in [0.1, 0.15) is 5.54 Å². The molecule has 2 heterocycles. The second kappa shape index (κ2) is 4.77. The summed E-state index contributed by atoms with van der Waals surface area (Å²) >= 11 is 1.63. The second-order valence-electron chi connectivity index (χ2n) is 4.28. The van der Waals surface area contributed by atoms with Crippen LogP contribution < -0.4 is 5.32 Å². The Labute approximate surface area is 105 Å². The Bertz CT molecular complexity index is 500. The number of rotatable bonds is 3. The summed E-state index contributed by atoms with van der Waals surface area (Å²) in [5.74, 6) is 0.218. The molecule has 1 N–H and O–H groups in total. The Hall–Kier alpha value is -0.900. The first kappa shape index (κ1) is 12.6. The van der Waals surface area contributed by atoms with Crippen LogP contribution in [-0.2, 0) is 16.4 Å². The fourth-order valence-corrected chi connectivity index (χ4v) is 4.05. The molecule has 1 aromatic rings. The maximum atomic E-state index is 11.4. The van der Waals surface area contributed by atoms with Gasteiger partial charge in [-0.3, -0.25) is 5.32 Å². The van der Waals surface area contributed by atoms with Crippen molar-refractivity contribution in [2.45, 2.75) is 24.9 Å². The Morgan fingerprint density at radius 1 is 1.47 bits per heavy atom. The first-order chi connectivity index (χ1) is 8.05. The van der Waals surface area contributed by atoms with Gasteiger partial charge in [0.25, 0.3) is 0 Å². The van der Waals surface area contributed by atoms with E-state index in [1.165, 1.54) is 0 Å². The fourth-order valence-electron chi connectivity index (χ4n) is 1.88. The van der Waals surface area contributed by atoms with E-state index in [1.54, 1.807) is 11.3 Å². The van der Waals surface area contributed by atoms with E-state index in [1.807, 2.05) is 17.5 Å². The lowest BCUT2D eigenvalue weighted by atomic mass is 9.94. The van der Waals surface area contributed by atoms with E-state index in [9.17, 15) is 13.7 Å². The van der Waals surface area contributed by atoms with Crippen LogP contribution in [0.3, 0.4) is 0 Å². The summed E-state index contributed by atoms with van der Waals surface area (Å²) in [6.07, 6.45) is 0.772. The van der Waals surface area contributed by atoms with Gasteiger partial charge in [0.05, 0.1) is 17.6 Å². The van der Waals surface area contributed by atoms with Gasteiger partial charge in [-0.2, -0.15) is 5.26 Å². The molecule has 0 aromatic carbocycles. The van der Waals surface area contributed by atoms with Gasteiger partial charge >= 0.3 is 0 Å². The monoisotopic (exact) mass is 270 g/mol. The zero-order chi connectivity index (χ0) is 12.4. The highest BCUT2D eigenvalue weighted by Crippen LogP contribution is 2.24. The molecule has 1 fully saturated rings. The van der Waals surface area contributed by atoms with Crippen LogP contribution in [0.4, 0.5) is 0 Å². The summed E-state index contributed by atoms with van der Waals surface area (Å²) < 4.78 is 22.7. The molecule has 0 unspecified atom stereocenters. The van der Waals surface area contributed by atoms with E-state index >= 15 is 0 Å². The van der Waals surface area contributed by atoms with Crippen LogP contribution in [0.1, 0.15) is 17.7 Å². The van der Waals surface area contributed by atoms with Gasteiger partial charge in [-0.1, -0.05) is 6.07 Å². The van der Waals surface area contributed by atoms with E-state index in [0.29, 0.717) is 19.4 Å². The molecule has 92 valence electrons. The van der Waals surface area contributed by atoms with Crippen LogP contribution in [0, 0.1) is 11.3 Å². The number of thiophene rings is 1. The smallest absolute Gasteiger partial charge is 0.150 e. The average molecular weight is 270 g/mol. The van der Waals surface area contributed by atoms with Gasteiger partial charge in [-0.25, -0.2) is 8.42 Å². The lowest BCUT2D eigenvalue weighted by Crippen LogP contribution is -2.49. The molecule has 1 aromatic heterocycles. The Morgan fingerprint density at radius 3 is 2.71 bits per heavy atom. The minimum Gasteiger partial charge on any atom is -0.294 e. The molecule has 1 aliphatic rings. The van der Waals surface area contributed by atoms with Gasteiger partial charge in [-0.05, 0) is 24.3 Å². The van der Waals surface area contributed by atoms with Crippen molar-refractivity contribution in [3.63, 3.8) is 0 Å². The number of hydrogen-bond donors (Lipinski definition) is 1. The Morgan fingerprint density at radius 2 is 2.18 bits per heavy atom. The molecule has 6 heteroatoms. The standard InChI is InChI=1S/C11H14N2O2S2/c12-9-11(3-6-17(14,15)7-4-11)13-8-10-2-1-5-16-10/h1-2,5,13H,3-4,6-8H2. The van der Waals surface area contributed by atoms with Crippen LogP contribution in [-0.4, -0.2) is 25.5 Å². The molecular weight excluding hydrogens is 256 g/mol. The number of hydrogen-bond acceptors (Lipinski definition) is 5. The van der Waals surface area contributed by atoms with E-state index < -0.39 is 15.4 Å². The number of sulfone groups is 1. The molecule has 0 spiro atoms. The van der Waals surface area contributed by atoms with Gasteiger partial charge in [0.2, 0.25) is 0 Å². The first-order valence-electron chi connectivity index (χ1n) is 5.44. The van der Waals surface area contributed by atoms with Crippen molar-refractivity contribution in [1.29, 1.82) is 5.26 Å². The van der Waals surface area contributed by atoms with E-state index in [4.69, 9.17) is 0 Å². The maximum absolute atomic E-state index is 11.4. The topological polar surface area (TPSA) is 70.0 Å². The summed E-state index contributed by atoms with van der Waals surface area (Å²) in [5.41, 5.74) is -0.671. The zero-order valence-electron chi connectivity index (χ0n) is 9.35. The summed E-state index contributed by atoms with van der Waals surface area (Å²) in [7, 11) is -2.92. The predicted octanol–water partition coefficient (Wildman–Crippen LogP) is 1.31. The minimum absolute atomic E-state index is 0.109. The lowest BCUT2D eigenvalue weighted by molar-refractivity contribution is 0.374. The molecule has 2 rings (SSSR count). The van der Waals surface area contributed by atoms with Gasteiger partial charge < -0.3 is 0 Å². The highest BCUT2D eigenvalue weighted by molar-refractivity contribution is 7.91. The van der Waals surface area contributed by atoms with Gasteiger partial charge in [-0.15, -0.1) is 11.3 Å². The average Bonchev–Trinajstić information content (AvgIpc) is 2.82. The summed E-state index contributed by atoms with van der Waals surface area (Å²) in [5, 5.41) is 14.4. The third-order valence-electron chi connectivity index (χ3n) is 3.07. The predicted molar refractivity (Wildman–Crippen MR) is 67.4 cm³/mol. The fraction of sp³-hybridized carbons (Fsp3) is 0.545. The van der Waals surface area contributed by atoms with Crippen LogP contribution in [0.5, 0.6) is 0 Å². The van der Waals surface area contributed by atoms with E-state index in [0.717, 1.165) is 4.88 Å². The highest BCUT2D eigenvalue weighted by atomic mass is 32.2. The van der Waals surface area contributed by atoms with Crippen molar-refractivity contribution >= 4 is 21.2 Å². The maximum Gasteiger partial charge on any atom is 0.150 e. The Balaban J connectivity index is 2.00. The molecule has 0 atom stereocenters. The molecule has 0 aliphatic carbocycles. The summed E-state index contributed by atoms with van der Waals surface area (Å²) in [4.78, 5) is 1.16. The van der Waals surface area contributed by atoms with Crippen molar-refractivity contribution < 1.29 is 8.42 Å². The zero-order valence-corrected chi connectivity index (χ0v) is 11.0. The summed E-state index contributed by atoms with van der Waals surface area (Å²) in [6.45, 7) is 0.630. The first-order valence-corrected chi connectivity index (χ1v) is 8.14. The second-order valence-corrected chi connectivity index (χ2v) is 7.61. The van der Waals surface area contributed by atoms with Gasteiger partial charge in [0.15, 0.2) is 9.84 Å². The Kier molecular flexibility index (Phi) is 3.52. The lowest BCUT2D eigenvalue weighted by Gasteiger charge is -2.31. The molecule has 0 radical (unpaired) electrons. The molecular formula is C11H14N2O2S2. The van der Waals surface area contributed by atoms with E-state index in [2.05, 4.69) is 11.4 Å². The SMILES string of the molecule is N#CC1(NCc2cccs2)CCS(=O)(=O)CC1. The molecule has 4 nitrogen and oxygen atoms in total. The van der Waals surface area contributed by atoms with Crippen LogP contribution in [0.2, 0.25) is 0 Å². The van der Waals surface area contributed by atoms with Crippen LogP contribution in [0.25, 0.3) is 0 Å². The largest absolute Gasteiger partial charge is 0.294 e. The molecule has 0 saturated carbocycles. The number of nitrogens with zero attached hydrogens (tertiary/aromatic N) is 1. The molecule has 1 saturated heterocycles. The molecule has 17 heavy (non-hydrogen) atoms. The highest BCUT2D eigenvalue weighted by Gasteiger charge is 2.37. The molecule has 0 amide bonds. The number of nitrogens with one attached hydrogen (secondary N) is 1. The third kappa shape index (κ3) is 3.06. The van der Waals surface area contributed by atoms with Crippen molar-refractivity contribution in [3.8, 4) is 6.07 Å². The van der Waals surface area contributed by atoms with Crippen LogP contribution in [0.15, 0.2) is 17.5 Å². The van der Waals surface area contributed by atoms with Crippen LogP contribution >= 0.6 is 11.3 Å². The van der Waals surface area contributed by atoms with Gasteiger partial charge in [0, 0.05) is 11.4 Å². The number of nitriles is 1. The molecule has 0 bridgehead atoms. The van der Waals surface area contributed by atoms with Crippen molar-refractivity contribution in [2.75, 3.05) is 11.5 Å². The quantitative estimate of drug-likeness (QED) is 0.899. The minimum atomic E-state index is -2.92. The molecule has 1 aliphatic heterocycles.